The van der Waals surface area contributed by atoms with Gasteiger partial charge in [-0.05, 0) is 56.0 Å². The molecule has 19 heavy (non-hydrogen) atoms. The van der Waals surface area contributed by atoms with E-state index in [1.165, 1.54) is 0 Å². The third-order valence-electron chi connectivity index (χ3n) is 3.47. The highest BCUT2D eigenvalue weighted by Gasteiger charge is 2.35. The van der Waals surface area contributed by atoms with E-state index in [1.54, 1.807) is 0 Å². The van der Waals surface area contributed by atoms with Crippen molar-refractivity contribution in [1.82, 2.24) is 5.32 Å². The summed E-state index contributed by atoms with van der Waals surface area (Å²) in [7, 11) is 0. The molecule has 1 aliphatic heterocycles. The number of rotatable bonds is 2. The zero-order valence-corrected chi connectivity index (χ0v) is 10.3. The molecule has 0 spiro atoms. The van der Waals surface area contributed by atoms with Crippen molar-refractivity contribution in [3.63, 3.8) is 0 Å². The Morgan fingerprint density at radius 3 is 2.26 bits per heavy atom. The van der Waals surface area contributed by atoms with E-state index in [4.69, 9.17) is 0 Å². The van der Waals surface area contributed by atoms with Crippen molar-refractivity contribution < 1.29 is 23.4 Å². The summed E-state index contributed by atoms with van der Waals surface area (Å²) < 4.78 is 38.7. The van der Waals surface area contributed by atoms with E-state index in [0.717, 1.165) is 32.0 Å². The van der Waals surface area contributed by atoms with Crippen molar-refractivity contribution in [2.75, 3.05) is 13.1 Å². The fraction of sp³-hybridized carbons (Fsp3) is 0.538. The third kappa shape index (κ3) is 3.32. The van der Waals surface area contributed by atoms with Crippen molar-refractivity contribution in [2.24, 2.45) is 5.92 Å². The third-order valence-corrected chi connectivity index (χ3v) is 3.47. The van der Waals surface area contributed by atoms with E-state index in [1.807, 2.05) is 0 Å². The van der Waals surface area contributed by atoms with Gasteiger partial charge in [-0.2, -0.15) is 13.2 Å². The summed E-state index contributed by atoms with van der Waals surface area (Å²) in [6.07, 6.45) is -2.62. The minimum Gasteiger partial charge on any atom is -0.504 e. The smallest absolute Gasteiger partial charge is 0.416 e. The SMILES string of the molecule is Oc1cc(CC2CCNCC2)c(C(F)(F)F)cc1O. The van der Waals surface area contributed by atoms with Gasteiger partial charge in [0.05, 0.1) is 5.56 Å². The van der Waals surface area contributed by atoms with Crippen LogP contribution in [0, 0.1) is 5.92 Å². The van der Waals surface area contributed by atoms with Crippen molar-refractivity contribution >= 4 is 0 Å². The van der Waals surface area contributed by atoms with Crippen LogP contribution in [0.2, 0.25) is 0 Å². The lowest BCUT2D eigenvalue weighted by Gasteiger charge is -2.24. The number of aromatic hydroxyl groups is 2. The van der Waals surface area contributed by atoms with Gasteiger partial charge < -0.3 is 15.5 Å². The van der Waals surface area contributed by atoms with Gasteiger partial charge in [-0.25, -0.2) is 0 Å². The van der Waals surface area contributed by atoms with Crippen LogP contribution in [-0.4, -0.2) is 23.3 Å². The number of phenols is 2. The van der Waals surface area contributed by atoms with Gasteiger partial charge in [0.2, 0.25) is 0 Å². The summed E-state index contributed by atoms with van der Waals surface area (Å²) in [6, 6.07) is 1.63. The lowest BCUT2D eigenvalue weighted by atomic mass is 9.88. The summed E-state index contributed by atoms with van der Waals surface area (Å²) >= 11 is 0. The Morgan fingerprint density at radius 2 is 1.68 bits per heavy atom. The summed E-state index contributed by atoms with van der Waals surface area (Å²) in [5.74, 6) is -1.07. The standard InChI is InChI=1S/C13H16F3NO2/c14-13(15,16)10-7-12(19)11(18)6-9(10)5-8-1-3-17-4-2-8/h6-8,17-19H,1-5H2. The molecule has 3 nitrogen and oxygen atoms in total. The number of phenolic OH excluding ortho intramolecular Hbond substituents is 2. The molecule has 1 aliphatic rings. The molecule has 0 bridgehead atoms. The van der Waals surface area contributed by atoms with E-state index in [9.17, 15) is 23.4 Å². The van der Waals surface area contributed by atoms with Crippen LogP contribution in [0.3, 0.4) is 0 Å². The van der Waals surface area contributed by atoms with Gasteiger partial charge >= 0.3 is 6.18 Å². The molecule has 6 heteroatoms. The monoisotopic (exact) mass is 275 g/mol. The maximum atomic E-state index is 12.9. The van der Waals surface area contributed by atoms with Crippen LogP contribution < -0.4 is 5.32 Å². The molecule has 2 rings (SSSR count). The van der Waals surface area contributed by atoms with Crippen molar-refractivity contribution in [3.8, 4) is 11.5 Å². The van der Waals surface area contributed by atoms with Crippen LogP contribution in [0.25, 0.3) is 0 Å². The largest absolute Gasteiger partial charge is 0.504 e. The van der Waals surface area contributed by atoms with Crippen LogP contribution in [0.1, 0.15) is 24.0 Å². The molecule has 0 aliphatic carbocycles. The molecule has 1 aromatic carbocycles. The topological polar surface area (TPSA) is 52.5 Å². The first-order valence-electron chi connectivity index (χ1n) is 6.20. The first kappa shape index (κ1) is 14.0. The van der Waals surface area contributed by atoms with Gasteiger partial charge in [0.1, 0.15) is 0 Å². The molecule has 1 aromatic rings. The van der Waals surface area contributed by atoms with E-state index >= 15 is 0 Å². The quantitative estimate of drug-likeness (QED) is 0.727. The number of alkyl halides is 3. The molecule has 1 fully saturated rings. The molecule has 0 radical (unpaired) electrons. The Kier molecular flexibility index (Phi) is 3.89. The van der Waals surface area contributed by atoms with Gasteiger partial charge in [0.15, 0.2) is 11.5 Å². The predicted molar refractivity (Wildman–Crippen MR) is 64.1 cm³/mol. The molecule has 106 valence electrons. The fourth-order valence-electron chi connectivity index (χ4n) is 2.45. The highest BCUT2D eigenvalue weighted by molar-refractivity contribution is 5.46. The molecule has 0 atom stereocenters. The van der Waals surface area contributed by atoms with Crippen LogP contribution >= 0.6 is 0 Å². The maximum Gasteiger partial charge on any atom is 0.416 e. The average molecular weight is 275 g/mol. The Balaban J connectivity index is 2.29. The van der Waals surface area contributed by atoms with Crippen LogP contribution in [0.4, 0.5) is 13.2 Å². The normalized spacial score (nSPS) is 17.6. The number of hydrogen-bond acceptors (Lipinski definition) is 3. The van der Waals surface area contributed by atoms with Gasteiger partial charge in [0, 0.05) is 0 Å². The molecule has 0 aromatic heterocycles. The van der Waals surface area contributed by atoms with Crippen LogP contribution in [0.15, 0.2) is 12.1 Å². The van der Waals surface area contributed by atoms with Gasteiger partial charge in [-0.1, -0.05) is 0 Å². The van der Waals surface area contributed by atoms with E-state index < -0.39 is 23.2 Å². The fourth-order valence-corrected chi connectivity index (χ4v) is 2.45. The highest BCUT2D eigenvalue weighted by atomic mass is 19.4. The molecule has 1 heterocycles. The Labute approximate surface area is 109 Å². The predicted octanol–water partition coefficient (Wildman–Crippen LogP) is 2.66. The Bertz CT molecular complexity index is 454. The molecule has 0 amide bonds. The molecular weight excluding hydrogens is 259 g/mol. The number of piperidine rings is 1. The first-order valence-corrected chi connectivity index (χ1v) is 6.20. The minimum absolute atomic E-state index is 0.0506. The number of halogens is 3. The number of benzene rings is 1. The summed E-state index contributed by atoms with van der Waals surface area (Å²) in [6.45, 7) is 1.60. The van der Waals surface area contributed by atoms with E-state index in [2.05, 4.69) is 5.32 Å². The van der Waals surface area contributed by atoms with Crippen LogP contribution in [0.5, 0.6) is 11.5 Å². The second-order valence-corrected chi connectivity index (χ2v) is 4.89. The summed E-state index contributed by atoms with van der Waals surface area (Å²) in [5, 5.41) is 21.8. The van der Waals surface area contributed by atoms with Crippen LogP contribution in [-0.2, 0) is 12.6 Å². The molecule has 0 saturated carbocycles. The minimum atomic E-state index is -4.52. The highest BCUT2D eigenvalue weighted by Crippen LogP contribution is 2.39. The lowest BCUT2D eigenvalue weighted by Crippen LogP contribution is -2.29. The Morgan fingerprint density at radius 1 is 1.11 bits per heavy atom. The Hall–Kier alpha value is -1.43. The summed E-state index contributed by atoms with van der Waals surface area (Å²) in [5.41, 5.74) is -0.809. The van der Waals surface area contributed by atoms with Crippen molar-refractivity contribution in [1.29, 1.82) is 0 Å². The first-order chi connectivity index (χ1) is 8.88. The number of hydrogen-bond donors (Lipinski definition) is 3. The van der Waals surface area contributed by atoms with Gasteiger partial charge in [-0.15, -0.1) is 0 Å². The lowest BCUT2D eigenvalue weighted by molar-refractivity contribution is -0.138. The summed E-state index contributed by atoms with van der Waals surface area (Å²) in [4.78, 5) is 0. The molecule has 3 N–H and O–H groups in total. The second kappa shape index (κ2) is 5.28. The zero-order chi connectivity index (χ0) is 14.0. The number of nitrogens with one attached hydrogen (secondary N) is 1. The van der Waals surface area contributed by atoms with Crippen molar-refractivity contribution in [3.05, 3.63) is 23.3 Å². The second-order valence-electron chi connectivity index (χ2n) is 4.89. The molecule has 1 saturated heterocycles. The van der Waals surface area contributed by atoms with Crippen molar-refractivity contribution in [2.45, 2.75) is 25.4 Å². The van der Waals surface area contributed by atoms with Gasteiger partial charge in [0.25, 0.3) is 0 Å². The van der Waals surface area contributed by atoms with E-state index in [-0.39, 0.29) is 17.9 Å². The van der Waals surface area contributed by atoms with E-state index in [0.29, 0.717) is 6.07 Å². The molecule has 0 unspecified atom stereocenters. The zero-order valence-electron chi connectivity index (χ0n) is 10.3. The van der Waals surface area contributed by atoms with Gasteiger partial charge in [-0.3, -0.25) is 0 Å². The molecular formula is C13H16F3NO2. The average Bonchev–Trinajstić information content (AvgIpc) is 2.33. The maximum absolute atomic E-state index is 12.9.